The number of rotatable bonds is 9. The number of anilines is 1. The second kappa shape index (κ2) is 9.83. The number of imidazole rings is 1. The quantitative estimate of drug-likeness (QED) is 0.567. The number of carbonyl (C=O) groups is 2. The van der Waals surface area contributed by atoms with Gasteiger partial charge in [-0.25, -0.2) is 4.98 Å². The number of hydrogen-bond donors (Lipinski definition) is 3. The molecule has 1 aromatic heterocycles. The first-order valence-corrected chi connectivity index (χ1v) is 9.04. The number of nitrogens with one attached hydrogen (secondary N) is 2. The van der Waals surface area contributed by atoms with Crippen LogP contribution in [0.3, 0.4) is 0 Å². The predicted molar refractivity (Wildman–Crippen MR) is 99.2 cm³/mol. The maximum Gasteiger partial charge on any atom is 0.240 e. The van der Waals surface area contributed by atoms with Crippen LogP contribution in [-0.4, -0.2) is 45.9 Å². The molecular formula is C17H22N4O4S. The highest BCUT2D eigenvalue weighted by Gasteiger charge is 2.14. The second-order valence-electron chi connectivity index (χ2n) is 5.30. The van der Waals surface area contributed by atoms with Crippen LogP contribution in [0.4, 0.5) is 5.69 Å². The maximum atomic E-state index is 12.1. The number of thioether (sulfide) groups is 1. The summed E-state index contributed by atoms with van der Waals surface area (Å²) in [6.07, 6.45) is 1.50. The summed E-state index contributed by atoms with van der Waals surface area (Å²) in [4.78, 5) is 28.1. The highest BCUT2D eigenvalue weighted by atomic mass is 32.2. The van der Waals surface area contributed by atoms with Crippen molar-refractivity contribution in [3.05, 3.63) is 36.2 Å². The van der Waals surface area contributed by atoms with E-state index >= 15 is 0 Å². The molecule has 3 N–H and O–H groups in total. The molecule has 0 fully saturated rings. The molecule has 2 aromatic rings. The molecule has 8 nitrogen and oxygen atoms in total. The fourth-order valence-electron chi connectivity index (χ4n) is 2.20. The number of amides is 2. The summed E-state index contributed by atoms with van der Waals surface area (Å²) in [5.74, 6) is 0.466. The van der Waals surface area contributed by atoms with Crippen LogP contribution < -0.4 is 15.4 Å². The van der Waals surface area contributed by atoms with Crippen LogP contribution in [0, 0.1) is 0 Å². The number of carbonyl (C=O) groups excluding carboxylic acids is 2. The van der Waals surface area contributed by atoms with Crippen molar-refractivity contribution >= 4 is 29.3 Å². The van der Waals surface area contributed by atoms with Gasteiger partial charge in [-0.3, -0.25) is 9.59 Å². The molecule has 9 heteroatoms. The van der Waals surface area contributed by atoms with Crippen molar-refractivity contribution in [3.63, 3.8) is 0 Å². The molecule has 0 bridgehead atoms. The Morgan fingerprint density at radius 3 is 2.62 bits per heavy atom. The first kappa shape index (κ1) is 19.8. The predicted octanol–water partition coefficient (Wildman–Crippen LogP) is 1.25. The molecule has 0 aliphatic carbocycles. The van der Waals surface area contributed by atoms with E-state index in [2.05, 4.69) is 15.6 Å². The van der Waals surface area contributed by atoms with Crippen LogP contribution >= 0.6 is 11.8 Å². The molecule has 0 aliphatic heterocycles. The van der Waals surface area contributed by atoms with Gasteiger partial charge in [0.2, 0.25) is 11.8 Å². The summed E-state index contributed by atoms with van der Waals surface area (Å²) in [5, 5.41) is 15.4. The largest absolute Gasteiger partial charge is 0.497 e. The highest BCUT2D eigenvalue weighted by Crippen LogP contribution is 2.20. The summed E-state index contributed by atoms with van der Waals surface area (Å²) < 4.78 is 6.68. The SMILES string of the molecule is CCNC(=O)Cn1c(CO)cnc1SCC(=O)Nc1ccc(OC)cc1. The fraction of sp³-hybridized carbons (Fsp3) is 0.353. The Morgan fingerprint density at radius 2 is 2.00 bits per heavy atom. The van der Waals surface area contributed by atoms with E-state index in [0.717, 1.165) is 0 Å². The number of aliphatic hydroxyl groups is 1. The van der Waals surface area contributed by atoms with Crippen molar-refractivity contribution in [2.75, 3.05) is 24.7 Å². The number of aromatic nitrogens is 2. The summed E-state index contributed by atoms with van der Waals surface area (Å²) in [5.41, 5.74) is 1.19. The number of likely N-dealkylation sites (N-methyl/N-ethyl adjacent to an activating group) is 1. The molecule has 0 saturated carbocycles. The number of aliphatic hydroxyl groups excluding tert-OH is 1. The van der Waals surface area contributed by atoms with Crippen LogP contribution in [0.25, 0.3) is 0 Å². The van der Waals surface area contributed by atoms with Gasteiger partial charge in [-0.05, 0) is 31.2 Å². The summed E-state index contributed by atoms with van der Waals surface area (Å²) in [6, 6.07) is 7.02. The molecule has 1 aromatic carbocycles. The van der Waals surface area contributed by atoms with Crippen molar-refractivity contribution in [2.45, 2.75) is 25.2 Å². The zero-order valence-corrected chi connectivity index (χ0v) is 15.5. The number of benzene rings is 1. The minimum atomic E-state index is -0.231. The molecule has 2 amide bonds. The van der Waals surface area contributed by atoms with E-state index in [0.29, 0.717) is 28.8 Å². The number of methoxy groups -OCH3 is 1. The van der Waals surface area contributed by atoms with Crippen molar-refractivity contribution in [1.29, 1.82) is 0 Å². The van der Waals surface area contributed by atoms with Crippen LogP contribution in [0.2, 0.25) is 0 Å². The first-order valence-electron chi connectivity index (χ1n) is 8.06. The third-order valence-electron chi connectivity index (χ3n) is 3.45. The summed E-state index contributed by atoms with van der Waals surface area (Å²) in [6.45, 7) is 2.17. The van der Waals surface area contributed by atoms with E-state index in [-0.39, 0.29) is 30.7 Å². The lowest BCUT2D eigenvalue weighted by atomic mass is 10.3. The summed E-state index contributed by atoms with van der Waals surface area (Å²) >= 11 is 1.20. The van der Waals surface area contributed by atoms with Gasteiger partial charge in [0.1, 0.15) is 12.3 Å². The Bertz CT molecular complexity index is 746. The monoisotopic (exact) mass is 378 g/mol. The molecule has 0 unspecified atom stereocenters. The molecule has 0 atom stereocenters. The van der Waals surface area contributed by atoms with Crippen LogP contribution in [0.15, 0.2) is 35.6 Å². The minimum absolute atomic E-state index is 0.0478. The third-order valence-corrected chi connectivity index (χ3v) is 4.44. The first-order chi connectivity index (χ1) is 12.6. The van der Waals surface area contributed by atoms with E-state index in [9.17, 15) is 14.7 Å². The van der Waals surface area contributed by atoms with Gasteiger partial charge in [0, 0.05) is 12.2 Å². The lowest BCUT2D eigenvalue weighted by Crippen LogP contribution is -2.28. The van der Waals surface area contributed by atoms with E-state index in [1.807, 2.05) is 6.92 Å². The van der Waals surface area contributed by atoms with Gasteiger partial charge >= 0.3 is 0 Å². The Labute approximate surface area is 156 Å². The molecule has 0 spiro atoms. The zero-order chi connectivity index (χ0) is 18.9. The van der Waals surface area contributed by atoms with E-state index < -0.39 is 0 Å². The van der Waals surface area contributed by atoms with Crippen molar-refractivity contribution in [3.8, 4) is 5.75 Å². The molecule has 0 aliphatic rings. The summed E-state index contributed by atoms with van der Waals surface area (Å²) in [7, 11) is 1.58. The smallest absolute Gasteiger partial charge is 0.240 e. The van der Waals surface area contributed by atoms with Gasteiger partial charge in [0.25, 0.3) is 0 Å². The third kappa shape index (κ3) is 5.50. The lowest BCUT2D eigenvalue weighted by molar-refractivity contribution is -0.121. The number of nitrogens with zero attached hydrogens (tertiary/aromatic N) is 2. The highest BCUT2D eigenvalue weighted by molar-refractivity contribution is 7.99. The average molecular weight is 378 g/mol. The van der Waals surface area contributed by atoms with Gasteiger partial charge in [0.15, 0.2) is 5.16 Å². The second-order valence-corrected chi connectivity index (χ2v) is 6.24. The molecule has 0 saturated heterocycles. The molecule has 1 heterocycles. The molecule has 140 valence electrons. The topological polar surface area (TPSA) is 105 Å². The fourth-order valence-corrected chi connectivity index (χ4v) is 3.00. The minimum Gasteiger partial charge on any atom is -0.497 e. The normalized spacial score (nSPS) is 10.4. The van der Waals surface area contributed by atoms with Crippen LogP contribution in [0.5, 0.6) is 5.75 Å². The number of hydrogen-bond acceptors (Lipinski definition) is 6. The Morgan fingerprint density at radius 1 is 1.27 bits per heavy atom. The lowest BCUT2D eigenvalue weighted by Gasteiger charge is -2.10. The van der Waals surface area contributed by atoms with Crippen LogP contribution in [-0.2, 0) is 22.7 Å². The van der Waals surface area contributed by atoms with E-state index in [4.69, 9.17) is 4.74 Å². The van der Waals surface area contributed by atoms with Crippen molar-refractivity contribution < 1.29 is 19.4 Å². The van der Waals surface area contributed by atoms with Gasteiger partial charge < -0.3 is 25.0 Å². The zero-order valence-electron chi connectivity index (χ0n) is 14.7. The molecular weight excluding hydrogens is 356 g/mol. The molecule has 26 heavy (non-hydrogen) atoms. The molecule has 0 radical (unpaired) electrons. The van der Waals surface area contributed by atoms with Gasteiger partial charge in [0.05, 0.1) is 31.4 Å². The van der Waals surface area contributed by atoms with E-state index in [1.54, 1.807) is 35.9 Å². The number of ether oxygens (including phenoxy) is 1. The Balaban J connectivity index is 1.96. The van der Waals surface area contributed by atoms with Gasteiger partial charge in [-0.2, -0.15) is 0 Å². The van der Waals surface area contributed by atoms with E-state index in [1.165, 1.54) is 18.0 Å². The average Bonchev–Trinajstić information content (AvgIpc) is 3.02. The maximum absolute atomic E-state index is 12.1. The van der Waals surface area contributed by atoms with Crippen LogP contribution in [0.1, 0.15) is 12.6 Å². The Hall–Kier alpha value is -2.52. The van der Waals surface area contributed by atoms with Gasteiger partial charge in [-0.1, -0.05) is 11.8 Å². The molecule has 2 rings (SSSR count). The van der Waals surface area contributed by atoms with Crippen molar-refractivity contribution in [2.24, 2.45) is 0 Å². The standard InChI is InChI=1S/C17H22N4O4S/c1-3-18-15(23)9-21-13(10-22)8-19-17(21)26-11-16(24)20-12-4-6-14(25-2)7-5-12/h4-8,22H,3,9-11H2,1-2H3,(H,18,23)(H,20,24). The van der Waals surface area contributed by atoms with Gasteiger partial charge in [-0.15, -0.1) is 0 Å². The Kier molecular flexibility index (Phi) is 7.49. The van der Waals surface area contributed by atoms with Crippen molar-refractivity contribution in [1.82, 2.24) is 14.9 Å².